The maximum absolute atomic E-state index is 12.5. The Morgan fingerprint density at radius 3 is 2.56 bits per heavy atom. The van der Waals surface area contributed by atoms with Crippen molar-refractivity contribution in [3.63, 3.8) is 0 Å². The largest absolute Gasteiger partial charge is 0.495 e. The van der Waals surface area contributed by atoms with Crippen LogP contribution in [0.25, 0.3) is 0 Å². The second-order valence-electron chi connectivity index (χ2n) is 6.08. The molecule has 0 aliphatic carbocycles. The van der Waals surface area contributed by atoms with E-state index in [9.17, 15) is 4.79 Å². The molecule has 0 bridgehead atoms. The number of ether oxygens (including phenoxy) is 1. The van der Waals surface area contributed by atoms with Crippen LogP contribution in [0.4, 0.5) is 5.69 Å². The van der Waals surface area contributed by atoms with Crippen molar-refractivity contribution < 1.29 is 9.53 Å². The summed E-state index contributed by atoms with van der Waals surface area (Å²) in [7, 11) is 1.56. The van der Waals surface area contributed by atoms with E-state index >= 15 is 0 Å². The number of rotatable bonds is 7. The highest BCUT2D eigenvalue weighted by molar-refractivity contribution is 6.31. The van der Waals surface area contributed by atoms with Crippen molar-refractivity contribution in [1.82, 2.24) is 4.90 Å². The zero-order valence-corrected chi connectivity index (χ0v) is 16.0. The van der Waals surface area contributed by atoms with Gasteiger partial charge in [0.2, 0.25) is 5.91 Å². The molecule has 2 aromatic rings. The molecule has 134 valence electrons. The van der Waals surface area contributed by atoms with Gasteiger partial charge in [-0.1, -0.05) is 42.8 Å². The summed E-state index contributed by atoms with van der Waals surface area (Å²) in [5.41, 5.74) is 4.00. The third kappa shape index (κ3) is 5.21. The van der Waals surface area contributed by atoms with E-state index in [0.29, 0.717) is 23.0 Å². The molecule has 0 spiro atoms. The second kappa shape index (κ2) is 8.88. The fourth-order valence-electron chi connectivity index (χ4n) is 2.63. The zero-order valence-electron chi connectivity index (χ0n) is 15.2. The molecule has 0 aliphatic heterocycles. The number of hydrogen-bond donors (Lipinski definition) is 1. The van der Waals surface area contributed by atoms with E-state index in [2.05, 4.69) is 36.2 Å². The van der Waals surface area contributed by atoms with Crippen LogP contribution in [-0.4, -0.2) is 31.0 Å². The van der Waals surface area contributed by atoms with Crippen molar-refractivity contribution >= 4 is 23.2 Å². The molecule has 0 fully saturated rings. The van der Waals surface area contributed by atoms with Gasteiger partial charge < -0.3 is 10.1 Å². The van der Waals surface area contributed by atoms with E-state index in [1.807, 2.05) is 25.1 Å². The van der Waals surface area contributed by atoms with Crippen molar-refractivity contribution in [1.29, 1.82) is 0 Å². The maximum Gasteiger partial charge on any atom is 0.238 e. The minimum Gasteiger partial charge on any atom is -0.495 e. The number of nitrogens with zero attached hydrogens (tertiary/aromatic N) is 1. The van der Waals surface area contributed by atoms with Gasteiger partial charge in [-0.25, -0.2) is 0 Å². The number of carbonyl (C=O) groups is 1. The first kappa shape index (κ1) is 19.3. The van der Waals surface area contributed by atoms with Crippen LogP contribution in [0.15, 0.2) is 36.4 Å². The van der Waals surface area contributed by atoms with Crippen LogP contribution < -0.4 is 10.1 Å². The molecule has 1 amide bonds. The Hall–Kier alpha value is -2.04. The van der Waals surface area contributed by atoms with Crippen LogP contribution in [0.1, 0.15) is 23.6 Å². The molecule has 0 aromatic heterocycles. The van der Waals surface area contributed by atoms with Gasteiger partial charge in [0.25, 0.3) is 0 Å². The first-order chi connectivity index (χ1) is 11.9. The molecular weight excluding hydrogens is 336 g/mol. The number of hydrogen-bond acceptors (Lipinski definition) is 3. The highest BCUT2D eigenvalue weighted by atomic mass is 35.5. The molecule has 4 nitrogen and oxygen atoms in total. The standard InChI is InChI=1S/C20H25ClN2O2/c1-5-23(12-16-9-7-6-8-14(16)2)13-20(24)22-18-10-15(3)17(21)11-19(18)25-4/h6-11H,5,12-13H2,1-4H3,(H,22,24). The van der Waals surface area contributed by atoms with E-state index < -0.39 is 0 Å². The molecule has 0 heterocycles. The summed E-state index contributed by atoms with van der Waals surface area (Å²) in [6.07, 6.45) is 0. The van der Waals surface area contributed by atoms with Gasteiger partial charge >= 0.3 is 0 Å². The van der Waals surface area contributed by atoms with Gasteiger partial charge in [0, 0.05) is 17.6 Å². The highest BCUT2D eigenvalue weighted by Crippen LogP contribution is 2.30. The molecule has 0 saturated heterocycles. The van der Waals surface area contributed by atoms with Gasteiger partial charge in [0.15, 0.2) is 0 Å². The fourth-order valence-corrected chi connectivity index (χ4v) is 2.78. The quantitative estimate of drug-likeness (QED) is 0.794. The Bertz CT molecular complexity index is 746. The zero-order chi connectivity index (χ0) is 18.4. The van der Waals surface area contributed by atoms with Gasteiger partial charge in [-0.2, -0.15) is 0 Å². The third-order valence-electron chi connectivity index (χ3n) is 4.22. The molecule has 1 N–H and O–H groups in total. The van der Waals surface area contributed by atoms with Gasteiger partial charge in [0.05, 0.1) is 19.3 Å². The molecule has 5 heteroatoms. The Morgan fingerprint density at radius 1 is 1.20 bits per heavy atom. The van der Waals surface area contributed by atoms with Crippen molar-refractivity contribution in [2.45, 2.75) is 27.3 Å². The van der Waals surface area contributed by atoms with Crippen LogP contribution >= 0.6 is 11.6 Å². The summed E-state index contributed by atoms with van der Waals surface area (Å²) >= 11 is 6.11. The predicted molar refractivity (Wildman–Crippen MR) is 104 cm³/mol. The Balaban J connectivity index is 2.05. The summed E-state index contributed by atoms with van der Waals surface area (Å²) in [6, 6.07) is 11.8. The summed E-state index contributed by atoms with van der Waals surface area (Å²) in [6.45, 7) is 7.89. The second-order valence-corrected chi connectivity index (χ2v) is 6.49. The molecular formula is C20H25ClN2O2. The SMILES string of the molecule is CCN(CC(=O)Nc1cc(C)c(Cl)cc1OC)Cc1ccccc1C. The minimum atomic E-state index is -0.0737. The van der Waals surface area contributed by atoms with Crippen molar-refractivity contribution in [3.05, 3.63) is 58.1 Å². The fraction of sp³-hybridized carbons (Fsp3) is 0.350. The van der Waals surface area contributed by atoms with Gasteiger partial charge in [0.1, 0.15) is 5.75 Å². The average Bonchev–Trinajstić information content (AvgIpc) is 2.59. The molecule has 0 unspecified atom stereocenters. The number of likely N-dealkylation sites (N-methyl/N-ethyl adjacent to an activating group) is 1. The monoisotopic (exact) mass is 360 g/mol. The lowest BCUT2D eigenvalue weighted by atomic mass is 10.1. The van der Waals surface area contributed by atoms with Crippen molar-refractivity contribution in [3.8, 4) is 5.75 Å². The van der Waals surface area contributed by atoms with Crippen LogP contribution in [0, 0.1) is 13.8 Å². The summed E-state index contributed by atoms with van der Waals surface area (Å²) < 4.78 is 5.31. The third-order valence-corrected chi connectivity index (χ3v) is 4.63. The van der Waals surface area contributed by atoms with Crippen LogP contribution in [0.5, 0.6) is 5.75 Å². The Labute approximate surface area is 154 Å². The van der Waals surface area contributed by atoms with E-state index in [4.69, 9.17) is 16.3 Å². The molecule has 0 aliphatic rings. The number of anilines is 1. The van der Waals surface area contributed by atoms with Gasteiger partial charge in [-0.3, -0.25) is 9.69 Å². The van der Waals surface area contributed by atoms with Crippen LogP contribution in [0.3, 0.4) is 0 Å². The summed E-state index contributed by atoms with van der Waals surface area (Å²) in [4.78, 5) is 14.6. The van der Waals surface area contributed by atoms with Gasteiger partial charge in [-0.05, 0) is 43.1 Å². The van der Waals surface area contributed by atoms with E-state index in [1.54, 1.807) is 13.2 Å². The average molecular weight is 361 g/mol. The van der Waals surface area contributed by atoms with Crippen molar-refractivity contribution in [2.24, 2.45) is 0 Å². The van der Waals surface area contributed by atoms with E-state index in [1.165, 1.54) is 11.1 Å². The number of amides is 1. The lowest BCUT2D eigenvalue weighted by Crippen LogP contribution is -2.33. The number of halogens is 1. The number of carbonyl (C=O) groups excluding carboxylic acids is 1. The molecule has 2 rings (SSSR count). The molecule has 2 aromatic carbocycles. The minimum absolute atomic E-state index is 0.0737. The van der Waals surface area contributed by atoms with Crippen LogP contribution in [0.2, 0.25) is 5.02 Å². The lowest BCUT2D eigenvalue weighted by molar-refractivity contribution is -0.117. The summed E-state index contributed by atoms with van der Waals surface area (Å²) in [5, 5.41) is 3.55. The maximum atomic E-state index is 12.5. The van der Waals surface area contributed by atoms with E-state index in [-0.39, 0.29) is 5.91 Å². The smallest absolute Gasteiger partial charge is 0.238 e. The Kier molecular flexibility index (Phi) is 6.85. The first-order valence-electron chi connectivity index (χ1n) is 8.35. The van der Waals surface area contributed by atoms with E-state index in [0.717, 1.165) is 18.7 Å². The Morgan fingerprint density at radius 2 is 1.92 bits per heavy atom. The van der Waals surface area contributed by atoms with Gasteiger partial charge in [-0.15, -0.1) is 0 Å². The summed E-state index contributed by atoms with van der Waals surface area (Å²) in [5.74, 6) is 0.487. The highest BCUT2D eigenvalue weighted by Gasteiger charge is 2.14. The normalized spacial score (nSPS) is 10.8. The predicted octanol–water partition coefficient (Wildman–Crippen LogP) is 4.43. The van der Waals surface area contributed by atoms with Crippen LogP contribution in [-0.2, 0) is 11.3 Å². The number of methoxy groups -OCH3 is 1. The molecule has 0 radical (unpaired) electrons. The van der Waals surface area contributed by atoms with Crippen molar-refractivity contribution in [2.75, 3.05) is 25.5 Å². The molecule has 0 saturated carbocycles. The number of aryl methyl sites for hydroxylation is 2. The molecule has 0 atom stereocenters. The molecule has 25 heavy (non-hydrogen) atoms. The first-order valence-corrected chi connectivity index (χ1v) is 8.73. The lowest BCUT2D eigenvalue weighted by Gasteiger charge is -2.21. The topological polar surface area (TPSA) is 41.6 Å². The number of benzene rings is 2. The number of nitrogens with one attached hydrogen (secondary N) is 1.